The predicted molar refractivity (Wildman–Crippen MR) is 137 cm³/mol. The third-order valence-corrected chi connectivity index (χ3v) is 5.38. The molecule has 38 heavy (non-hydrogen) atoms. The monoisotopic (exact) mass is 524 g/mol. The fraction of sp³-hybridized carbons (Fsp3) is 0.222. The highest BCUT2D eigenvalue weighted by atomic mass is 19.4. The van der Waals surface area contributed by atoms with Gasteiger partial charge in [-0.3, -0.25) is 14.9 Å². The molecule has 3 aromatic carbocycles. The van der Waals surface area contributed by atoms with Crippen molar-refractivity contribution in [2.24, 2.45) is 10.5 Å². The van der Waals surface area contributed by atoms with E-state index in [0.717, 1.165) is 16.8 Å². The zero-order valence-corrected chi connectivity index (χ0v) is 20.7. The van der Waals surface area contributed by atoms with Crippen LogP contribution in [0, 0.1) is 15.5 Å². The largest absolute Gasteiger partial charge is 0.492 e. The summed E-state index contributed by atoms with van der Waals surface area (Å²) in [6.07, 6.45) is -3.41. The van der Waals surface area contributed by atoms with Gasteiger partial charge in [0.2, 0.25) is 0 Å². The first kappa shape index (κ1) is 26.5. The molecule has 0 unspecified atom stereocenters. The smallest absolute Gasteiger partial charge is 0.416 e. The van der Waals surface area contributed by atoms with Gasteiger partial charge >= 0.3 is 6.18 Å². The molecular weight excluding hydrogens is 501 g/mol. The maximum absolute atomic E-state index is 13.4. The van der Waals surface area contributed by atoms with Crippen molar-refractivity contribution >= 4 is 22.8 Å². The predicted octanol–water partition coefficient (Wildman–Crippen LogP) is 6.30. The number of fused-ring (bicyclic) bond motifs is 1. The van der Waals surface area contributed by atoms with Crippen molar-refractivity contribution in [2.45, 2.75) is 26.9 Å². The number of alkyl halides is 3. The van der Waals surface area contributed by atoms with Crippen LogP contribution in [0.5, 0.6) is 5.75 Å². The summed E-state index contributed by atoms with van der Waals surface area (Å²) in [6.45, 7) is 6.15. The maximum atomic E-state index is 13.4. The van der Waals surface area contributed by atoms with Gasteiger partial charge in [-0.2, -0.15) is 22.9 Å². The molecule has 0 amide bonds. The van der Waals surface area contributed by atoms with Crippen molar-refractivity contribution < 1.29 is 22.8 Å². The molecule has 11 heteroatoms. The molecule has 0 N–H and O–H groups in total. The molecule has 1 aromatic heterocycles. The summed E-state index contributed by atoms with van der Waals surface area (Å²) < 4.78 is 46.9. The molecule has 4 aromatic rings. The lowest BCUT2D eigenvalue weighted by atomic mass is 9.98. The van der Waals surface area contributed by atoms with Crippen molar-refractivity contribution in [2.75, 3.05) is 6.61 Å². The van der Waals surface area contributed by atoms with Crippen LogP contribution in [0.4, 0.5) is 18.9 Å². The molecule has 0 spiro atoms. The van der Waals surface area contributed by atoms with Crippen LogP contribution < -0.4 is 10.3 Å². The molecule has 196 valence electrons. The minimum absolute atomic E-state index is 0.0167. The number of aromatic nitrogens is 2. The van der Waals surface area contributed by atoms with Crippen molar-refractivity contribution in [1.82, 2.24) is 9.66 Å². The number of nitro groups is 1. The molecule has 0 atom stereocenters. The fourth-order valence-electron chi connectivity index (χ4n) is 3.55. The van der Waals surface area contributed by atoms with E-state index >= 15 is 0 Å². The van der Waals surface area contributed by atoms with E-state index in [1.54, 1.807) is 18.2 Å². The summed E-state index contributed by atoms with van der Waals surface area (Å²) in [6, 6.07) is 14.7. The highest BCUT2D eigenvalue weighted by Gasteiger charge is 2.31. The molecular formula is C27H23F3N4O4. The van der Waals surface area contributed by atoms with Crippen LogP contribution in [0.1, 0.15) is 31.9 Å². The van der Waals surface area contributed by atoms with Crippen LogP contribution in [0.3, 0.4) is 0 Å². The number of para-hydroxylation sites is 1. The Morgan fingerprint density at radius 2 is 1.79 bits per heavy atom. The third-order valence-electron chi connectivity index (χ3n) is 5.38. The van der Waals surface area contributed by atoms with Gasteiger partial charge in [-0.25, -0.2) is 4.98 Å². The van der Waals surface area contributed by atoms with Gasteiger partial charge in [-0.1, -0.05) is 45.0 Å². The molecule has 0 saturated carbocycles. The Balaban J connectivity index is 1.90. The van der Waals surface area contributed by atoms with E-state index in [-0.39, 0.29) is 44.7 Å². The second-order valence-electron chi connectivity index (χ2n) is 9.72. The molecule has 0 aliphatic heterocycles. The number of nitro benzene ring substituents is 1. The van der Waals surface area contributed by atoms with Gasteiger partial charge in [0.1, 0.15) is 5.75 Å². The number of hydrogen-bond acceptors (Lipinski definition) is 6. The lowest BCUT2D eigenvalue weighted by Gasteiger charge is -2.19. The van der Waals surface area contributed by atoms with Crippen LogP contribution in [-0.2, 0) is 6.18 Å². The molecule has 0 fully saturated rings. The summed E-state index contributed by atoms with van der Waals surface area (Å²) >= 11 is 0. The Bertz CT molecular complexity index is 1600. The van der Waals surface area contributed by atoms with Crippen molar-refractivity contribution in [1.29, 1.82) is 0 Å². The molecule has 0 aliphatic rings. The number of nitrogens with zero attached hydrogens (tertiary/aromatic N) is 4. The Hall–Kier alpha value is -4.54. The second kappa shape index (κ2) is 10.1. The van der Waals surface area contributed by atoms with Crippen LogP contribution in [0.25, 0.3) is 22.3 Å². The fourth-order valence-corrected chi connectivity index (χ4v) is 3.55. The highest BCUT2D eigenvalue weighted by Crippen LogP contribution is 2.32. The highest BCUT2D eigenvalue weighted by molar-refractivity contribution is 5.85. The first-order valence-electron chi connectivity index (χ1n) is 11.5. The Morgan fingerprint density at radius 1 is 1.05 bits per heavy atom. The number of hydrogen-bond donors (Lipinski definition) is 0. The molecule has 0 radical (unpaired) electrons. The van der Waals surface area contributed by atoms with Crippen molar-refractivity contribution in [3.05, 3.63) is 98.3 Å². The summed E-state index contributed by atoms with van der Waals surface area (Å²) in [5, 5.41) is 15.8. The van der Waals surface area contributed by atoms with E-state index in [4.69, 9.17) is 4.74 Å². The topological polar surface area (TPSA) is 99.6 Å². The second-order valence-corrected chi connectivity index (χ2v) is 9.72. The summed E-state index contributed by atoms with van der Waals surface area (Å²) in [7, 11) is 0. The minimum atomic E-state index is -4.61. The quantitative estimate of drug-likeness (QED) is 0.168. The van der Waals surface area contributed by atoms with E-state index < -0.39 is 22.2 Å². The van der Waals surface area contributed by atoms with Gasteiger partial charge < -0.3 is 4.74 Å². The number of halogens is 3. The van der Waals surface area contributed by atoms with E-state index in [2.05, 4.69) is 10.1 Å². The summed E-state index contributed by atoms with van der Waals surface area (Å²) in [5.41, 5.74) is -1.48. The Morgan fingerprint density at radius 3 is 2.47 bits per heavy atom. The van der Waals surface area contributed by atoms with Crippen LogP contribution >= 0.6 is 0 Å². The average molecular weight is 524 g/mol. The number of non-ortho nitro benzene ring substituents is 1. The SMILES string of the molecule is CC(C)(C)COc1ccc([N+](=O)[O-])cc1C=Nn1c(-c2cccc(C(F)(F)F)c2)nc2ccccc2c1=O. The molecule has 0 saturated heterocycles. The lowest BCUT2D eigenvalue weighted by Crippen LogP contribution is -2.21. The van der Waals surface area contributed by atoms with Crippen molar-refractivity contribution in [3.63, 3.8) is 0 Å². The Kier molecular flexibility index (Phi) is 7.03. The first-order valence-corrected chi connectivity index (χ1v) is 11.5. The van der Waals surface area contributed by atoms with Gasteiger partial charge in [0, 0.05) is 23.3 Å². The van der Waals surface area contributed by atoms with Crippen LogP contribution in [0.15, 0.2) is 76.6 Å². The van der Waals surface area contributed by atoms with Gasteiger partial charge in [0.15, 0.2) is 5.82 Å². The third kappa shape index (κ3) is 5.88. The zero-order chi connectivity index (χ0) is 27.7. The van der Waals surface area contributed by atoms with Crippen LogP contribution in [-0.4, -0.2) is 27.4 Å². The number of rotatable bonds is 6. The van der Waals surface area contributed by atoms with E-state index in [1.807, 2.05) is 20.8 Å². The Labute approximate surface area is 215 Å². The standard InChI is InChI=1S/C27H23F3N4O4/c1-26(2,3)16-38-23-12-11-20(34(36)37)14-18(23)15-31-33-24(17-7-6-8-19(13-17)27(28,29)30)32-22-10-5-4-9-21(22)25(33)35/h4-15H,16H2,1-3H3. The number of ether oxygens (including phenoxy) is 1. The lowest BCUT2D eigenvalue weighted by molar-refractivity contribution is -0.384. The summed E-state index contributed by atoms with van der Waals surface area (Å²) in [4.78, 5) is 28.6. The molecule has 0 aliphatic carbocycles. The normalized spacial score (nSPS) is 12.3. The van der Waals surface area contributed by atoms with E-state index in [0.29, 0.717) is 6.61 Å². The van der Waals surface area contributed by atoms with Gasteiger partial charge in [-0.05, 0) is 35.7 Å². The molecule has 8 nitrogen and oxygen atoms in total. The minimum Gasteiger partial charge on any atom is -0.492 e. The number of benzene rings is 3. The van der Waals surface area contributed by atoms with Crippen molar-refractivity contribution in [3.8, 4) is 17.1 Å². The van der Waals surface area contributed by atoms with Gasteiger partial charge in [-0.15, -0.1) is 0 Å². The van der Waals surface area contributed by atoms with E-state index in [1.165, 1.54) is 42.6 Å². The van der Waals surface area contributed by atoms with Gasteiger partial charge in [0.05, 0.1) is 34.2 Å². The maximum Gasteiger partial charge on any atom is 0.416 e. The zero-order valence-electron chi connectivity index (χ0n) is 20.7. The summed E-state index contributed by atoms with van der Waals surface area (Å²) in [5.74, 6) is 0.162. The molecule has 0 bridgehead atoms. The van der Waals surface area contributed by atoms with Gasteiger partial charge in [0.25, 0.3) is 11.2 Å². The molecule has 4 rings (SSSR count). The first-order chi connectivity index (χ1) is 17.8. The average Bonchev–Trinajstić information content (AvgIpc) is 2.86. The molecule has 1 heterocycles. The van der Waals surface area contributed by atoms with E-state index in [9.17, 15) is 28.1 Å². The van der Waals surface area contributed by atoms with Crippen LogP contribution in [0.2, 0.25) is 0 Å².